The van der Waals surface area contributed by atoms with Crippen molar-refractivity contribution in [2.45, 2.75) is 52.1 Å². The van der Waals surface area contributed by atoms with Gasteiger partial charge in [-0.25, -0.2) is 0 Å². The lowest BCUT2D eigenvalue weighted by molar-refractivity contribution is 0.0827. The van der Waals surface area contributed by atoms with E-state index in [1.807, 2.05) is 11.3 Å². The van der Waals surface area contributed by atoms with Crippen molar-refractivity contribution in [2.75, 3.05) is 13.1 Å². The molecule has 0 bridgehead atoms. The van der Waals surface area contributed by atoms with Gasteiger partial charge >= 0.3 is 0 Å². The lowest BCUT2D eigenvalue weighted by Gasteiger charge is -2.41. The largest absolute Gasteiger partial charge is 0.330 e. The number of aryl methyl sites for hydroxylation is 1. The van der Waals surface area contributed by atoms with Crippen LogP contribution in [0, 0.1) is 5.92 Å². The molecule has 1 saturated heterocycles. The third kappa shape index (κ3) is 2.95. The number of thiophene rings is 1. The van der Waals surface area contributed by atoms with Crippen molar-refractivity contribution in [3.05, 3.63) is 21.9 Å². The molecule has 2 nitrogen and oxygen atoms in total. The van der Waals surface area contributed by atoms with Crippen LogP contribution in [0.25, 0.3) is 0 Å². The molecule has 0 radical (unpaired) electrons. The van der Waals surface area contributed by atoms with Gasteiger partial charge in [0.25, 0.3) is 0 Å². The highest BCUT2D eigenvalue weighted by Gasteiger charge is 2.29. The van der Waals surface area contributed by atoms with Crippen LogP contribution < -0.4 is 5.73 Å². The molecule has 3 atom stereocenters. The van der Waals surface area contributed by atoms with Crippen molar-refractivity contribution in [1.29, 1.82) is 0 Å². The second-order valence-electron chi connectivity index (χ2n) is 5.56. The van der Waals surface area contributed by atoms with Crippen LogP contribution in [-0.2, 0) is 6.42 Å². The maximum Gasteiger partial charge on any atom is 0.0416 e. The average Bonchev–Trinajstić information content (AvgIpc) is 2.87. The Morgan fingerprint density at radius 2 is 2.22 bits per heavy atom. The van der Waals surface area contributed by atoms with Crippen molar-refractivity contribution in [2.24, 2.45) is 11.7 Å². The molecule has 1 fully saturated rings. The van der Waals surface area contributed by atoms with E-state index in [4.69, 9.17) is 5.73 Å². The van der Waals surface area contributed by atoms with Crippen LogP contribution in [0.5, 0.6) is 0 Å². The Morgan fingerprint density at radius 3 is 2.83 bits per heavy atom. The predicted octanol–water partition coefficient (Wildman–Crippen LogP) is 3.43. The Labute approximate surface area is 115 Å². The van der Waals surface area contributed by atoms with E-state index >= 15 is 0 Å². The minimum atomic E-state index is 0.541. The lowest BCUT2D eigenvalue weighted by atomic mass is 9.92. The molecule has 1 aromatic rings. The maximum atomic E-state index is 5.85. The minimum Gasteiger partial charge on any atom is -0.330 e. The van der Waals surface area contributed by atoms with E-state index in [0.29, 0.717) is 18.0 Å². The second kappa shape index (κ2) is 6.18. The molecule has 2 N–H and O–H groups in total. The molecule has 0 amide bonds. The first-order valence-corrected chi connectivity index (χ1v) is 8.01. The highest BCUT2D eigenvalue weighted by atomic mass is 32.1. The SMILES string of the molecule is CCc1ccc(C(C)N2CC(CN)CCC2C)s1. The second-order valence-corrected chi connectivity index (χ2v) is 6.76. The zero-order valence-corrected chi connectivity index (χ0v) is 12.7. The third-order valence-electron chi connectivity index (χ3n) is 4.30. The molecule has 1 aliphatic heterocycles. The monoisotopic (exact) mass is 266 g/mol. The van der Waals surface area contributed by atoms with Gasteiger partial charge in [-0.15, -0.1) is 11.3 Å². The predicted molar refractivity (Wildman–Crippen MR) is 80.1 cm³/mol. The Kier molecular flexibility index (Phi) is 4.82. The van der Waals surface area contributed by atoms with E-state index in [1.54, 1.807) is 0 Å². The van der Waals surface area contributed by atoms with Crippen molar-refractivity contribution < 1.29 is 0 Å². The van der Waals surface area contributed by atoms with Crippen LogP contribution in [-0.4, -0.2) is 24.0 Å². The van der Waals surface area contributed by atoms with Gasteiger partial charge in [-0.1, -0.05) is 6.92 Å². The minimum absolute atomic E-state index is 0.541. The van der Waals surface area contributed by atoms with Crippen LogP contribution in [0.2, 0.25) is 0 Å². The summed E-state index contributed by atoms with van der Waals surface area (Å²) in [6, 6.07) is 5.83. The summed E-state index contributed by atoms with van der Waals surface area (Å²) in [6.07, 6.45) is 3.74. The van der Waals surface area contributed by atoms with E-state index in [1.165, 1.54) is 22.6 Å². The van der Waals surface area contributed by atoms with Gasteiger partial charge in [0.15, 0.2) is 0 Å². The first kappa shape index (κ1) is 14.0. The molecule has 3 heteroatoms. The van der Waals surface area contributed by atoms with Gasteiger partial charge in [0.05, 0.1) is 0 Å². The fourth-order valence-electron chi connectivity index (χ4n) is 2.92. The first-order chi connectivity index (χ1) is 8.65. The zero-order valence-electron chi connectivity index (χ0n) is 11.9. The fraction of sp³-hybridized carbons (Fsp3) is 0.733. The molecule has 2 heterocycles. The summed E-state index contributed by atoms with van der Waals surface area (Å²) in [5.41, 5.74) is 5.85. The van der Waals surface area contributed by atoms with E-state index in [0.717, 1.165) is 19.5 Å². The number of piperidine rings is 1. The number of nitrogens with zero attached hydrogens (tertiary/aromatic N) is 1. The van der Waals surface area contributed by atoms with Crippen molar-refractivity contribution in [3.63, 3.8) is 0 Å². The molecule has 3 unspecified atom stereocenters. The molecule has 0 aromatic carbocycles. The quantitative estimate of drug-likeness (QED) is 0.904. The van der Waals surface area contributed by atoms with E-state index in [2.05, 4.69) is 37.8 Å². The van der Waals surface area contributed by atoms with Crippen molar-refractivity contribution in [3.8, 4) is 0 Å². The van der Waals surface area contributed by atoms with Crippen LogP contribution in [0.3, 0.4) is 0 Å². The molecular weight excluding hydrogens is 240 g/mol. The van der Waals surface area contributed by atoms with Crippen LogP contribution in [0.4, 0.5) is 0 Å². The Morgan fingerprint density at radius 1 is 1.44 bits per heavy atom. The molecule has 0 aliphatic carbocycles. The average molecular weight is 266 g/mol. The van der Waals surface area contributed by atoms with Gasteiger partial charge in [-0.05, 0) is 57.7 Å². The molecule has 1 aliphatic rings. The maximum absolute atomic E-state index is 5.85. The van der Waals surface area contributed by atoms with Gasteiger partial charge in [-0.2, -0.15) is 0 Å². The summed E-state index contributed by atoms with van der Waals surface area (Å²) in [4.78, 5) is 5.65. The number of hydrogen-bond donors (Lipinski definition) is 1. The molecule has 102 valence electrons. The standard InChI is InChI=1S/C15H26N2S/c1-4-14-7-8-15(18-14)12(3)17-10-13(9-16)6-5-11(17)2/h7-8,11-13H,4-6,9-10,16H2,1-3H3. The summed E-state index contributed by atoms with van der Waals surface area (Å²) < 4.78 is 0. The molecular formula is C15H26N2S. The molecule has 0 saturated carbocycles. The van der Waals surface area contributed by atoms with Crippen LogP contribution >= 0.6 is 11.3 Å². The Hall–Kier alpha value is -0.380. The smallest absolute Gasteiger partial charge is 0.0416 e. The first-order valence-electron chi connectivity index (χ1n) is 7.20. The van der Waals surface area contributed by atoms with Gasteiger partial charge in [0, 0.05) is 28.4 Å². The van der Waals surface area contributed by atoms with E-state index in [-0.39, 0.29) is 0 Å². The van der Waals surface area contributed by atoms with E-state index in [9.17, 15) is 0 Å². The molecule has 1 aromatic heterocycles. The number of hydrogen-bond acceptors (Lipinski definition) is 3. The Balaban J connectivity index is 2.08. The lowest BCUT2D eigenvalue weighted by Crippen LogP contribution is -2.44. The molecule has 0 spiro atoms. The van der Waals surface area contributed by atoms with Crippen LogP contribution in [0.1, 0.15) is 49.4 Å². The highest BCUT2D eigenvalue weighted by Crippen LogP contribution is 2.33. The third-order valence-corrected chi connectivity index (χ3v) is 5.70. The molecule has 18 heavy (non-hydrogen) atoms. The fourth-order valence-corrected chi connectivity index (χ4v) is 3.94. The van der Waals surface area contributed by atoms with E-state index < -0.39 is 0 Å². The number of likely N-dealkylation sites (tertiary alicyclic amines) is 1. The van der Waals surface area contributed by atoms with Crippen molar-refractivity contribution in [1.82, 2.24) is 4.90 Å². The van der Waals surface area contributed by atoms with Crippen molar-refractivity contribution >= 4 is 11.3 Å². The number of nitrogens with two attached hydrogens (primary N) is 1. The van der Waals surface area contributed by atoms with Crippen LogP contribution in [0.15, 0.2) is 12.1 Å². The molecule has 2 rings (SSSR count). The summed E-state index contributed by atoms with van der Waals surface area (Å²) >= 11 is 1.97. The topological polar surface area (TPSA) is 29.3 Å². The summed E-state index contributed by atoms with van der Waals surface area (Å²) in [5.74, 6) is 0.689. The summed E-state index contributed by atoms with van der Waals surface area (Å²) in [7, 11) is 0. The van der Waals surface area contributed by atoms with Gasteiger partial charge in [-0.3, -0.25) is 4.90 Å². The normalized spacial score (nSPS) is 27.3. The highest BCUT2D eigenvalue weighted by molar-refractivity contribution is 7.12. The zero-order chi connectivity index (χ0) is 13.1. The summed E-state index contributed by atoms with van der Waals surface area (Å²) in [5, 5.41) is 0. The van der Waals surface area contributed by atoms with Gasteiger partial charge in [0.1, 0.15) is 0 Å². The van der Waals surface area contributed by atoms with Gasteiger partial charge < -0.3 is 5.73 Å². The summed E-state index contributed by atoms with van der Waals surface area (Å²) in [6.45, 7) is 8.94. The van der Waals surface area contributed by atoms with Gasteiger partial charge in [0.2, 0.25) is 0 Å². The Bertz CT molecular complexity index is 374. The number of rotatable bonds is 4.